The van der Waals surface area contributed by atoms with Crippen LogP contribution in [0, 0.1) is 5.92 Å². The van der Waals surface area contributed by atoms with E-state index < -0.39 is 0 Å². The largest absolute Gasteiger partial charge is 0.507 e. The molecule has 2 aromatic rings. The maximum atomic E-state index is 12.1. The first-order valence-corrected chi connectivity index (χ1v) is 6.82. The summed E-state index contributed by atoms with van der Waals surface area (Å²) < 4.78 is 0. The van der Waals surface area contributed by atoms with E-state index in [9.17, 15) is 9.90 Å². The summed E-state index contributed by atoms with van der Waals surface area (Å²) >= 11 is 1.55. The minimum Gasteiger partial charge on any atom is -0.507 e. The average Bonchev–Trinajstić information content (AvgIpc) is 2.81. The Morgan fingerprint density at radius 1 is 1.39 bits per heavy atom. The third-order valence-electron chi connectivity index (χ3n) is 3.32. The summed E-state index contributed by atoms with van der Waals surface area (Å²) in [6, 6.07) is 3.46. The van der Waals surface area contributed by atoms with Gasteiger partial charge in [-0.15, -0.1) is 11.3 Å². The Morgan fingerprint density at radius 2 is 2.22 bits per heavy atom. The molecule has 0 bridgehead atoms. The van der Waals surface area contributed by atoms with E-state index in [-0.39, 0.29) is 11.5 Å². The SMILES string of the molecule is CC1CC(=O)c2c(O)ccc(-c3nccs3)c2C1. The fourth-order valence-corrected chi connectivity index (χ4v) is 3.25. The molecule has 92 valence electrons. The molecule has 1 N–H and O–H groups in total. The predicted octanol–water partition coefficient (Wildman–Crippen LogP) is 3.28. The Balaban J connectivity index is 2.24. The first kappa shape index (κ1) is 11.4. The zero-order chi connectivity index (χ0) is 12.7. The van der Waals surface area contributed by atoms with Crippen LogP contribution in [0.2, 0.25) is 0 Å². The van der Waals surface area contributed by atoms with Crippen LogP contribution in [0.3, 0.4) is 0 Å². The molecule has 1 atom stereocenters. The molecule has 1 aromatic heterocycles. The summed E-state index contributed by atoms with van der Waals surface area (Å²) in [7, 11) is 0. The molecule has 0 saturated carbocycles. The van der Waals surface area contributed by atoms with E-state index in [1.165, 1.54) is 0 Å². The highest BCUT2D eigenvalue weighted by Crippen LogP contribution is 2.38. The Bertz CT molecular complexity index is 605. The van der Waals surface area contributed by atoms with Gasteiger partial charge in [0.1, 0.15) is 10.8 Å². The number of hydrogen-bond acceptors (Lipinski definition) is 4. The Kier molecular flexibility index (Phi) is 2.67. The Hall–Kier alpha value is -1.68. The molecule has 18 heavy (non-hydrogen) atoms. The van der Waals surface area contributed by atoms with Crippen molar-refractivity contribution >= 4 is 17.1 Å². The van der Waals surface area contributed by atoms with Crippen molar-refractivity contribution in [2.75, 3.05) is 0 Å². The van der Waals surface area contributed by atoms with Crippen molar-refractivity contribution in [2.24, 2.45) is 5.92 Å². The minimum absolute atomic E-state index is 0.0413. The van der Waals surface area contributed by atoms with Crippen molar-refractivity contribution in [1.82, 2.24) is 4.98 Å². The van der Waals surface area contributed by atoms with Crippen molar-refractivity contribution in [1.29, 1.82) is 0 Å². The molecule has 1 aliphatic rings. The number of thiazole rings is 1. The van der Waals surface area contributed by atoms with Crippen LogP contribution >= 0.6 is 11.3 Å². The van der Waals surface area contributed by atoms with Gasteiger partial charge in [0.25, 0.3) is 0 Å². The van der Waals surface area contributed by atoms with Gasteiger partial charge in [-0.1, -0.05) is 6.92 Å². The topological polar surface area (TPSA) is 50.2 Å². The van der Waals surface area contributed by atoms with Crippen molar-refractivity contribution in [3.05, 3.63) is 34.8 Å². The van der Waals surface area contributed by atoms with Crippen LogP contribution in [0.5, 0.6) is 5.75 Å². The highest BCUT2D eigenvalue weighted by molar-refractivity contribution is 7.13. The number of aromatic hydroxyl groups is 1. The Morgan fingerprint density at radius 3 is 2.94 bits per heavy atom. The number of rotatable bonds is 1. The molecule has 0 radical (unpaired) electrons. The van der Waals surface area contributed by atoms with Crippen LogP contribution in [0.1, 0.15) is 29.3 Å². The number of phenolic OH excluding ortho intramolecular Hbond substituents is 1. The molecular weight excluding hydrogens is 246 g/mol. The van der Waals surface area contributed by atoms with E-state index in [2.05, 4.69) is 11.9 Å². The monoisotopic (exact) mass is 259 g/mol. The summed E-state index contributed by atoms with van der Waals surface area (Å²) in [5.74, 6) is 0.465. The van der Waals surface area contributed by atoms with Gasteiger partial charge < -0.3 is 5.11 Å². The van der Waals surface area contributed by atoms with Gasteiger partial charge in [0.2, 0.25) is 0 Å². The molecule has 0 fully saturated rings. The van der Waals surface area contributed by atoms with Crippen molar-refractivity contribution in [3.63, 3.8) is 0 Å². The zero-order valence-electron chi connectivity index (χ0n) is 10.0. The van der Waals surface area contributed by atoms with Crippen LogP contribution < -0.4 is 0 Å². The van der Waals surface area contributed by atoms with Crippen LogP contribution in [0.25, 0.3) is 10.6 Å². The summed E-state index contributed by atoms with van der Waals surface area (Å²) in [4.78, 5) is 16.4. The summed E-state index contributed by atoms with van der Waals surface area (Å²) in [5.41, 5.74) is 2.44. The van der Waals surface area contributed by atoms with Gasteiger partial charge in [-0.2, -0.15) is 0 Å². The lowest BCUT2D eigenvalue weighted by Crippen LogP contribution is -2.18. The van der Waals surface area contributed by atoms with E-state index in [1.807, 2.05) is 11.4 Å². The number of carbonyl (C=O) groups is 1. The van der Waals surface area contributed by atoms with Crippen molar-refractivity contribution < 1.29 is 9.90 Å². The Labute approximate surface area is 109 Å². The number of carbonyl (C=O) groups excluding carboxylic acids is 1. The molecular formula is C14H13NO2S. The number of aromatic nitrogens is 1. The lowest BCUT2D eigenvalue weighted by atomic mass is 9.81. The standard InChI is InChI=1S/C14H13NO2S/c1-8-6-10-9(14-15-4-5-18-14)2-3-11(16)13(10)12(17)7-8/h2-5,8,16H,6-7H2,1H3. The van der Waals surface area contributed by atoms with E-state index >= 15 is 0 Å². The number of fused-ring (bicyclic) bond motifs is 1. The molecule has 0 amide bonds. The number of nitrogens with zero attached hydrogens (tertiary/aromatic N) is 1. The second kappa shape index (κ2) is 4.21. The van der Waals surface area contributed by atoms with Gasteiger partial charge in [0.05, 0.1) is 5.56 Å². The van der Waals surface area contributed by atoms with Crippen LogP contribution in [-0.4, -0.2) is 15.9 Å². The highest BCUT2D eigenvalue weighted by atomic mass is 32.1. The van der Waals surface area contributed by atoms with Gasteiger partial charge in [-0.25, -0.2) is 4.98 Å². The maximum Gasteiger partial charge on any atom is 0.167 e. The lowest BCUT2D eigenvalue weighted by Gasteiger charge is -2.23. The van der Waals surface area contributed by atoms with Gasteiger partial charge in [0.15, 0.2) is 5.78 Å². The molecule has 4 heteroatoms. The summed E-state index contributed by atoms with van der Waals surface area (Å²) in [5, 5.41) is 12.7. The predicted molar refractivity (Wildman–Crippen MR) is 71.0 cm³/mol. The van der Waals surface area contributed by atoms with E-state index in [4.69, 9.17) is 0 Å². The van der Waals surface area contributed by atoms with Gasteiger partial charge >= 0.3 is 0 Å². The van der Waals surface area contributed by atoms with E-state index in [1.54, 1.807) is 23.6 Å². The van der Waals surface area contributed by atoms with Crippen molar-refractivity contribution in [2.45, 2.75) is 19.8 Å². The number of hydrogen-bond donors (Lipinski definition) is 1. The molecule has 3 rings (SSSR count). The molecule has 1 aromatic carbocycles. The molecule has 0 aliphatic heterocycles. The fourth-order valence-electron chi connectivity index (χ4n) is 2.55. The van der Waals surface area contributed by atoms with Gasteiger partial charge in [0, 0.05) is 23.6 Å². The number of ketones is 1. The quantitative estimate of drug-likeness (QED) is 0.855. The summed E-state index contributed by atoms with van der Waals surface area (Å²) in [6.45, 7) is 2.07. The normalized spacial score (nSPS) is 18.7. The third kappa shape index (κ3) is 1.73. The van der Waals surface area contributed by atoms with Gasteiger partial charge in [-0.05, 0) is 30.0 Å². The van der Waals surface area contributed by atoms with Crippen LogP contribution in [0.15, 0.2) is 23.7 Å². The smallest absolute Gasteiger partial charge is 0.167 e. The molecule has 1 aliphatic carbocycles. The molecule has 1 heterocycles. The lowest BCUT2D eigenvalue weighted by molar-refractivity contribution is 0.0950. The van der Waals surface area contributed by atoms with E-state index in [0.717, 1.165) is 22.6 Å². The van der Waals surface area contributed by atoms with Crippen molar-refractivity contribution in [3.8, 4) is 16.3 Å². The molecule has 3 nitrogen and oxygen atoms in total. The van der Waals surface area contributed by atoms with Crippen LogP contribution in [-0.2, 0) is 6.42 Å². The fraction of sp³-hybridized carbons (Fsp3) is 0.286. The first-order valence-electron chi connectivity index (χ1n) is 5.94. The van der Waals surface area contributed by atoms with Gasteiger partial charge in [-0.3, -0.25) is 4.79 Å². The number of phenols is 1. The first-order chi connectivity index (χ1) is 8.66. The third-order valence-corrected chi connectivity index (χ3v) is 4.13. The zero-order valence-corrected chi connectivity index (χ0v) is 10.8. The molecule has 0 saturated heterocycles. The number of Topliss-reactive ketones (excluding diaryl/α,β-unsaturated/α-hetero) is 1. The highest BCUT2D eigenvalue weighted by Gasteiger charge is 2.28. The molecule has 1 unspecified atom stereocenters. The molecule has 0 spiro atoms. The number of benzene rings is 1. The minimum atomic E-state index is 0.0413. The maximum absolute atomic E-state index is 12.1. The second-order valence-electron chi connectivity index (χ2n) is 4.76. The average molecular weight is 259 g/mol. The summed E-state index contributed by atoms with van der Waals surface area (Å²) in [6.07, 6.45) is 3.10. The second-order valence-corrected chi connectivity index (χ2v) is 5.65. The van der Waals surface area contributed by atoms with Crippen LogP contribution in [0.4, 0.5) is 0 Å². The van der Waals surface area contributed by atoms with E-state index in [0.29, 0.717) is 17.9 Å².